The number of aryl methyl sites for hydroxylation is 1. The number of benzene rings is 1. The summed E-state index contributed by atoms with van der Waals surface area (Å²) in [5.74, 6) is -0.279. The second kappa shape index (κ2) is 7.34. The lowest BCUT2D eigenvalue weighted by Crippen LogP contribution is -2.04. The molecule has 0 spiro atoms. The van der Waals surface area contributed by atoms with Crippen LogP contribution < -0.4 is 0 Å². The molecule has 0 unspecified atom stereocenters. The number of nitriles is 1. The second-order valence-electron chi connectivity index (χ2n) is 4.74. The molecule has 1 N–H and O–H groups in total. The molecule has 104 valence electrons. The number of rotatable bonds is 7. The molecule has 1 aromatic heterocycles. The lowest BCUT2D eigenvalue weighted by atomic mass is 10.1. The van der Waals surface area contributed by atoms with E-state index in [1.807, 2.05) is 12.1 Å². The van der Waals surface area contributed by atoms with E-state index in [9.17, 15) is 4.79 Å². The van der Waals surface area contributed by atoms with E-state index in [4.69, 9.17) is 10.00 Å². The van der Waals surface area contributed by atoms with Gasteiger partial charge in [0.25, 0.3) is 0 Å². The van der Waals surface area contributed by atoms with E-state index in [2.05, 4.69) is 23.3 Å². The summed E-state index contributed by atoms with van der Waals surface area (Å²) in [4.78, 5) is 14.5. The number of para-hydroxylation sites is 1. The first kappa shape index (κ1) is 14.1. The van der Waals surface area contributed by atoms with Crippen LogP contribution in [-0.4, -0.2) is 17.6 Å². The third-order valence-corrected chi connectivity index (χ3v) is 3.30. The number of nitrogens with one attached hydrogen (secondary N) is 1. The Morgan fingerprint density at radius 2 is 2.10 bits per heavy atom. The molecule has 2 rings (SSSR count). The lowest BCUT2D eigenvalue weighted by molar-refractivity contribution is -0.142. The van der Waals surface area contributed by atoms with Crippen molar-refractivity contribution in [3.63, 3.8) is 0 Å². The molecular weight excluding hydrogens is 252 g/mol. The first-order valence-corrected chi connectivity index (χ1v) is 6.89. The van der Waals surface area contributed by atoms with Crippen LogP contribution in [0.25, 0.3) is 10.9 Å². The highest BCUT2D eigenvalue weighted by Crippen LogP contribution is 2.19. The normalized spacial score (nSPS) is 10.3. The number of carbonyl (C=O) groups excluding carboxylic acids is 1. The Morgan fingerprint density at radius 1 is 1.25 bits per heavy atom. The molecule has 4 nitrogen and oxygen atoms in total. The van der Waals surface area contributed by atoms with Gasteiger partial charge in [-0.25, -0.2) is 0 Å². The van der Waals surface area contributed by atoms with Crippen molar-refractivity contribution in [1.29, 1.82) is 5.26 Å². The van der Waals surface area contributed by atoms with Crippen LogP contribution in [0.4, 0.5) is 0 Å². The third kappa shape index (κ3) is 3.86. The van der Waals surface area contributed by atoms with Crippen LogP contribution in [0.3, 0.4) is 0 Å². The fourth-order valence-corrected chi connectivity index (χ4v) is 2.28. The average molecular weight is 270 g/mol. The molecule has 4 heteroatoms. The summed E-state index contributed by atoms with van der Waals surface area (Å²) in [5.41, 5.74) is 2.50. The minimum absolute atomic E-state index is 0.145. The Hall–Kier alpha value is -2.28. The molecule has 2 aromatic rings. The van der Waals surface area contributed by atoms with Gasteiger partial charge in [-0.15, -0.1) is 0 Å². The van der Waals surface area contributed by atoms with Crippen molar-refractivity contribution >= 4 is 16.9 Å². The van der Waals surface area contributed by atoms with Gasteiger partial charge in [-0.3, -0.25) is 4.79 Å². The summed E-state index contributed by atoms with van der Waals surface area (Å²) in [7, 11) is 0. The average Bonchev–Trinajstić information content (AvgIpc) is 2.88. The standard InChI is InChI=1S/C16H18N2O2/c17-10-11-20-16(19)9-3-1-2-6-13-12-18-15-8-5-4-7-14(13)15/h4-5,7-8,12,18H,1-3,6,9,11H2. The molecule has 0 atom stereocenters. The van der Waals surface area contributed by atoms with Crippen LogP contribution in [0, 0.1) is 11.3 Å². The van der Waals surface area contributed by atoms with E-state index < -0.39 is 0 Å². The molecule has 0 fully saturated rings. The first-order valence-electron chi connectivity index (χ1n) is 6.89. The van der Waals surface area contributed by atoms with Gasteiger partial charge in [-0.1, -0.05) is 24.6 Å². The number of fused-ring (bicyclic) bond motifs is 1. The van der Waals surface area contributed by atoms with Gasteiger partial charge in [0, 0.05) is 23.5 Å². The maximum atomic E-state index is 11.2. The number of esters is 1. The molecule has 0 aliphatic heterocycles. The van der Waals surface area contributed by atoms with E-state index >= 15 is 0 Å². The number of hydrogen-bond donors (Lipinski definition) is 1. The van der Waals surface area contributed by atoms with Crippen LogP contribution in [0.15, 0.2) is 30.5 Å². The van der Waals surface area contributed by atoms with Gasteiger partial charge in [0.05, 0.1) is 0 Å². The predicted molar refractivity (Wildman–Crippen MR) is 77.0 cm³/mol. The van der Waals surface area contributed by atoms with Crippen molar-refractivity contribution in [3.05, 3.63) is 36.0 Å². The number of unbranched alkanes of at least 4 members (excludes halogenated alkanes) is 2. The van der Waals surface area contributed by atoms with Crippen LogP contribution in [0.2, 0.25) is 0 Å². The molecule has 0 aliphatic rings. The van der Waals surface area contributed by atoms with Crippen LogP contribution in [0.5, 0.6) is 0 Å². The van der Waals surface area contributed by atoms with Crippen molar-refractivity contribution in [2.24, 2.45) is 0 Å². The van der Waals surface area contributed by atoms with E-state index in [1.165, 1.54) is 16.5 Å². The second-order valence-corrected chi connectivity index (χ2v) is 4.74. The SMILES string of the molecule is N#CCOC(=O)CCCCCc1c[nH]c2ccccc12. The van der Waals surface area contributed by atoms with E-state index in [0.717, 1.165) is 25.7 Å². The Labute approximate surface area is 118 Å². The van der Waals surface area contributed by atoms with Gasteiger partial charge in [0.2, 0.25) is 0 Å². The smallest absolute Gasteiger partial charge is 0.306 e. The zero-order valence-corrected chi connectivity index (χ0v) is 11.4. The van der Waals surface area contributed by atoms with Gasteiger partial charge in [-0.2, -0.15) is 5.26 Å². The van der Waals surface area contributed by atoms with Crippen molar-refractivity contribution < 1.29 is 9.53 Å². The number of carbonyl (C=O) groups is 1. The molecule has 20 heavy (non-hydrogen) atoms. The zero-order chi connectivity index (χ0) is 14.2. The quantitative estimate of drug-likeness (QED) is 0.620. The van der Waals surface area contributed by atoms with Gasteiger partial charge < -0.3 is 9.72 Å². The maximum absolute atomic E-state index is 11.2. The van der Waals surface area contributed by atoms with Crippen molar-refractivity contribution in [2.45, 2.75) is 32.1 Å². The number of ether oxygens (including phenoxy) is 1. The molecule has 0 saturated carbocycles. The summed E-state index contributed by atoms with van der Waals surface area (Å²) in [6.07, 6.45) is 6.32. The molecule has 0 amide bonds. The van der Waals surface area contributed by atoms with E-state index in [1.54, 1.807) is 6.07 Å². The summed E-state index contributed by atoms with van der Waals surface area (Å²) >= 11 is 0. The molecule has 0 bridgehead atoms. The minimum atomic E-state index is -0.279. The third-order valence-electron chi connectivity index (χ3n) is 3.30. The first-order chi connectivity index (χ1) is 9.81. The number of nitrogens with zero attached hydrogens (tertiary/aromatic N) is 1. The summed E-state index contributed by atoms with van der Waals surface area (Å²) in [5, 5.41) is 9.57. The highest BCUT2D eigenvalue weighted by molar-refractivity contribution is 5.82. The van der Waals surface area contributed by atoms with Crippen LogP contribution in [-0.2, 0) is 16.0 Å². The van der Waals surface area contributed by atoms with Crippen molar-refractivity contribution in [2.75, 3.05) is 6.61 Å². The Balaban J connectivity index is 1.69. The fraction of sp³-hybridized carbons (Fsp3) is 0.375. The summed E-state index contributed by atoms with van der Waals surface area (Å²) in [6.45, 7) is -0.145. The number of aromatic nitrogens is 1. The molecule has 0 saturated heterocycles. The molecule has 1 aromatic carbocycles. The van der Waals surface area contributed by atoms with Gasteiger partial charge >= 0.3 is 5.97 Å². The Kier molecular flexibility index (Phi) is 5.19. The summed E-state index contributed by atoms with van der Waals surface area (Å²) < 4.78 is 4.70. The molecule has 0 aliphatic carbocycles. The lowest BCUT2D eigenvalue weighted by Gasteiger charge is -2.01. The van der Waals surface area contributed by atoms with Gasteiger partial charge in [0.15, 0.2) is 6.61 Å². The van der Waals surface area contributed by atoms with E-state index in [-0.39, 0.29) is 12.6 Å². The maximum Gasteiger partial charge on any atom is 0.306 e. The molecular formula is C16H18N2O2. The highest BCUT2D eigenvalue weighted by Gasteiger charge is 2.04. The van der Waals surface area contributed by atoms with Crippen molar-refractivity contribution in [3.8, 4) is 6.07 Å². The number of H-pyrrole nitrogens is 1. The highest BCUT2D eigenvalue weighted by atomic mass is 16.5. The predicted octanol–water partition coefficient (Wildman–Crippen LogP) is 3.34. The summed E-state index contributed by atoms with van der Waals surface area (Å²) in [6, 6.07) is 10.1. The van der Waals surface area contributed by atoms with Gasteiger partial charge in [-0.05, 0) is 30.9 Å². The molecule has 0 radical (unpaired) electrons. The minimum Gasteiger partial charge on any atom is -0.450 e. The van der Waals surface area contributed by atoms with Gasteiger partial charge in [0.1, 0.15) is 6.07 Å². The number of hydrogen-bond acceptors (Lipinski definition) is 3. The largest absolute Gasteiger partial charge is 0.450 e. The van der Waals surface area contributed by atoms with Crippen LogP contribution in [0.1, 0.15) is 31.2 Å². The van der Waals surface area contributed by atoms with Crippen molar-refractivity contribution in [1.82, 2.24) is 4.98 Å². The topological polar surface area (TPSA) is 65.9 Å². The van der Waals surface area contributed by atoms with Crippen LogP contribution >= 0.6 is 0 Å². The Bertz CT molecular complexity index is 610. The Morgan fingerprint density at radius 3 is 2.95 bits per heavy atom. The molecule has 1 heterocycles. The number of aromatic amines is 1. The zero-order valence-electron chi connectivity index (χ0n) is 11.4. The fourth-order valence-electron chi connectivity index (χ4n) is 2.28. The monoisotopic (exact) mass is 270 g/mol. The van der Waals surface area contributed by atoms with E-state index in [0.29, 0.717) is 6.42 Å².